The van der Waals surface area contributed by atoms with Crippen LogP contribution < -0.4 is 10.6 Å². The molecule has 2 rings (SSSR count). The number of anilines is 1. The minimum absolute atomic E-state index is 0.107. The number of likely N-dealkylation sites (tertiary alicyclic amines) is 1. The molecule has 1 saturated heterocycles. The largest absolute Gasteiger partial charge is 0.373 e. The molecule has 1 aliphatic heterocycles. The van der Waals surface area contributed by atoms with Crippen molar-refractivity contribution in [1.82, 2.24) is 15.2 Å². The maximum Gasteiger partial charge on any atom is 0.251 e. The Labute approximate surface area is 141 Å². The van der Waals surface area contributed by atoms with E-state index in [1.165, 1.54) is 18.9 Å². The minimum Gasteiger partial charge on any atom is -0.373 e. The van der Waals surface area contributed by atoms with Crippen LogP contribution in [-0.4, -0.2) is 48.4 Å². The second-order valence-corrected chi connectivity index (χ2v) is 6.00. The molecule has 1 aromatic heterocycles. The van der Waals surface area contributed by atoms with Crippen LogP contribution in [0.4, 0.5) is 5.82 Å². The molecular formula is C16H23ClN4O2. The molecule has 0 atom stereocenters. The lowest BCUT2D eigenvalue weighted by molar-refractivity contribution is -0.131. The van der Waals surface area contributed by atoms with Gasteiger partial charge >= 0.3 is 0 Å². The van der Waals surface area contributed by atoms with E-state index in [1.54, 1.807) is 13.1 Å². The van der Waals surface area contributed by atoms with E-state index in [-0.39, 0.29) is 17.0 Å². The average molecular weight is 339 g/mol. The zero-order valence-electron chi connectivity index (χ0n) is 13.4. The third-order valence-electron chi connectivity index (χ3n) is 3.90. The summed E-state index contributed by atoms with van der Waals surface area (Å²) < 4.78 is 0. The molecule has 0 aromatic carbocycles. The van der Waals surface area contributed by atoms with Crippen molar-refractivity contribution in [2.24, 2.45) is 0 Å². The van der Waals surface area contributed by atoms with Crippen molar-refractivity contribution in [1.29, 1.82) is 0 Å². The summed E-state index contributed by atoms with van der Waals surface area (Å²) in [5.41, 5.74) is 0.427. The van der Waals surface area contributed by atoms with E-state index in [9.17, 15) is 9.59 Å². The zero-order valence-corrected chi connectivity index (χ0v) is 14.2. The molecule has 2 heterocycles. The van der Waals surface area contributed by atoms with Gasteiger partial charge in [0.25, 0.3) is 5.91 Å². The lowest BCUT2D eigenvalue weighted by atomic mass is 10.2. The van der Waals surface area contributed by atoms with Gasteiger partial charge in [-0.25, -0.2) is 4.98 Å². The summed E-state index contributed by atoms with van der Waals surface area (Å²) in [6, 6.07) is 3.13. The predicted molar refractivity (Wildman–Crippen MR) is 90.8 cm³/mol. The van der Waals surface area contributed by atoms with Crippen LogP contribution in [0.25, 0.3) is 0 Å². The number of rotatable bonds is 5. The van der Waals surface area contributed by atoms with Gasteiger partial charge in [-0.15, -0.1) is 0 Å². The number of nitrogens with one attached hydrogen (secondary N) is 2. The number of nitrogens with zero attached hydrogens (tertiary/aromatic N) is 2. The summed E-state index contributed by atoms with van der Waals surface area (Å²) in [6.07, 6.45) is 4.85. The van der Waals surface area contributed by atoms with Gasteiger partial charge in [0.15, 0.2) is 0 Å². The second kappa shape index (κ2) is 8.72. The summed E-state index contributed by atoms with van der Waals surface area (Å²) in [6.45, 7) is 1.99. The third kappa shape index (κ3) is 5.39. The average Bonchev–Trinajstić information content (AvgIpc) is 2.83. The molecule has 0 bridgehead atoms. The van der Waals surface area contributed by atoms with Gasteiger partial charge in [-0.2, -0.15) is 0 Å². The van der Waals surface area contributed by atoms with Gasteiger partial charge in [-0.05, 0) is 25.0 Å². The highest BCUT2D eigenvalue weighted by Crippen LogP contribution is 2.14. The molecule has 1 aliphatic rings. The molecule has 23 heavy (non-hydrogen) atoms. The van der Waals surface area contributed by atoms with Gasteiger partial charge in [-0.1, -0.05) is 24.4 Å². The lowest BCUT2D eigenvalue weighted by Crippen LogP contribution is -2.35. The predicted octanol–water partition coefficient (Wildman–Crippen LogP) is 2.30. The Morgan fingerprint density at radius 3 is 2.57 bits per heavy atom. The summed E-state index contributed by atoms with van der Waals surface area (Å²) in [7, 11) is 1.71. The maximum atomic E-state index is 12.2. The van der Waals surface area contributed by atoms with Gasteiger partial charge in [-0.3, -0.25) is 9.59 Å². The number of hydrogen-bond donors (Lipinski definition) is 2. The molecule has 7 heteroatoms. The molecule has 2 N–H and O–H groups in total. The topological polar surface area (TPSA) is 74.3 Å². The molecule has 1 aromatic rings. The summed E-state index contributed by atoms with van der Waals surface area (Å²) in [4.78, 5) is 30.2. The van der Waals surface area contributed by atoms with Crippen LogP contribution in [0.1, 0.15) is 42.5 Å². The van der Waals surface area contributed by atoms with Crippen LogP contribution in [0.3, 0.4) is 0 Å². The molecule has 0 aliphatic carbocycles. The van der Waals surface area contributed by atoms with Gasteiger partial charge in [0, 0.05) is 38.7 Å². The molecule has 0 unspecified atom stereocenters. The van der Waals surface area contributed by atoms with Crippen LogP contribution in [-0.2, 0) is 4.79 Å². The van der Waals surface area contributed by atoms with E-state index in [1.807, 2.05) is 4.90 Å². The Balaban J connectivity index is 1.82. The molecule has 0 spiro atoms. The first-order valence-corrected chi connectivity index (χ1v) is 8.39. The minimum atomic E-state index is -0.255. The zero-order chi connectivity index (χ0) is 16.7. The number of hydrogen-bond acceptors (Lipinski definition) is 4. The van der Waals surface area contributed by atoms with E-state index < -0.39 is 0 Å². The monoisotopic (exact) mass is 338 g/mol. The van der Waals surface area contributed by atoms with Crippen LogP contribution in [0.5, 0.6) is 0 Å². The first kappa shape index (κ1) is 17.5. The Morgan fingerprint density at radius 2 is 1.91 bits per heavy atom. The summed E-state index contributed by atoms with van der Waals surface area (Å²) in [5, 5.41) is 5.86. The van der Waals surface area contributed by atoms with Crippen molar-refractivity contribution >= 4 is 29.2 Å². The van der Waals surface area contributed by atoms with Crippen LogP contribution in [0.15, 0.2) is 12.1 Å². The summed E-state index contributed by atoms with van der Waals surface area (Å²) in [5.74, 6) is 0.383. The fraction of sp³-hybridized carbons (Fsp3) is 0.562. The van der Waals surface area contributed by atoms with E-state index in [4.69, 9.17) is 11.6 Å². The Hall–Kier alpha value is -1.82. The summed E-state index contributed by atoms with van der Waals surface area (Å²) >= 11 is 5.88. The molecule has 0 radical (unpaired) electrons. The molecule has 1 fully saturated rings. The van der Waals surface area contributed by atoms with Crippen molar-refractivity contribution < 1.29 is 9.59 Å². The highest BCUT2D eigenvalue weighted by molar-refractivity contribution is 6.29. The SMILES string of the molecule is CNc1cc(C(=O)NCCC(=O)N2CCCCCC2)cc(Cl)n1. The smallest absolute Gasteiger partial charge is 0.251 e. The quantitative estimate of drug-likeness (QED) is 0.808. The van der Waals surface area contributed by atoms with E-state index in [0.717, 1.165) is 25.9 Å². The second-order valence-electron chi connectivity index (χ2n) is 5.61. The number of carbonyl (C=O) groups excluding carboxylic acids is 2. The van der Waals surface area contributed by atoms with Gasteiger partial charge in [0.05, 0.1) is 0 Å². The molecule has 0 saturated carbocycles. The maximum absolute atomic E-state index is 12.2. The number of amides is 2. The fourth-order valence-electron chi connectivity index (χ4n) is 2.62. The van der Waals surface area contributed by atoms with Crippen LogP contribution >= 0.6 is 11.6 Å². The Morgan fingerprint density at radius 1 is 1.22 bits per heavy atom. The van der Waals surface area contributed by atoms with Gasteiger partial charge < -0.3 is 15.5 Å². The molecule has 126 valence electrons. The molecular weight excluding hydrogens is 316 g/mol. The van der Waals surface area contributed by atoms with E-state index in [2.05, 4.69) is 15.6 Å². The molecule has 6 nitrogen and oxygen atoms in total. The highest BCUT2D eigenvalue weighted by atomic mass is 35.5. The van der Waals surface area contributed by atoms with Crippen LogP contribution in [0.2, 0.25) is 5.15 Å². The van der Waals surface area contributed by atoms with Crippen molar-refractivity contribution in [3.63, 3.8) is 0 Å². The normalized spacial score (nSPS) is 15.0. The van der Waals surface area contributed by atoms with Crippen molar-refractivity contribution in [3.05, 3.63) is 22.8 Å². The van der Waals surface area contributed by atoms with Crippen molar-refractivity contribution in [2.75, 3.05) is 32.0 Å². The first-order chi connectivity index (χ1) is 11.1. The molecule has 2 amide bonds. The van der Waals surface area contributed by atoms with Crippen LogP contribution in [0, 0.1) is 0 Å². The number of halogens is 1. The van der Waals surface area contributed by atoms with Crippen molar-refractivity contribution in [2.45, 2.75) is 32.1 Å². The highest BCUT2D eigenvalue weighted by Gasteiger charge is 2.15. The van der Waals surface area contributed by atoms with Gasteiger partial charge in [0.1, 0.15) is 11.0 Å². The Bertz CT molecular complexity index is 557. The van der Waals surface area contributed by atoms with Gasteiger partial charge in [0.2, 0.25) is 5.91 Å². The fourth-order valence-corrected chi connectivity index (χ4v) is 2.83. The first-order valence-electron chi connectivity index (χ1n) is 8.01. The van der Waals surface area contributed by atoms with E-state index >= 15 is 0 Å². The third-order valence-corrected chi connectivity index (χ3v) is 4.09. The number of aromatic nitrogens is 1. The number of pyridine rings is 1. The van der Waals surface area contributed by atoms with E-state index in [0.29, 0.717) is 24.3 Å². The standard InChI is InChI=1S/C16H23ClN4O2/c1-18-14-11-12(10-13(17)20-14)16(23)19-7-6-15(22)21-8-4-2-3-5-9-21/h10-11H,2-9H2,1H3,(H,18,20)(H,19,23). The number of carbonyl (C=O) groups is 2. The van der Waals surface area contributed by atoms with Crippen molar-refractivity contribution in [3.8, 4) is 0 Å². The Kier molecular flexibility index (Phi) is 6.65. The lowest BCUT2D eigenvalue weighted by Gasteiger charge is -2.20.